The molecule has 1 atom stereocenters. The van der Waals surface area contributed by atoms with E-state index in [1.165, 1.54) is 0 Å². The summed E-state index contributed by atoms with van der Waals surface area (Å²) in [7, 11) is 0. The van der Waals surface area contributed by atoms with Gasteiger partial charge in [0.15, 0.2) is 0 Å². The highest BCUT2D eigenvalue weighted by Crippen LogP contribution is 2.25. The molecule has 1 aliphatic rings. The van der Waals surface area contributed by atoms with Gasteiger partial charge in [0.2, 0.25) is 0 Å². The predicted octanol–water partition coefficient (Wildman–Crippen LogP) is 4.19. The van der Waals surface area contributed by atoms with Crippen LogP contribution in [0.4, 0.5) is 4.79 Å². The van der Waals surface area contributed by atoms with Gasteiger partial charge in [-0.2, -0.15) is 0 Å². The molecule has 0 radical (unpaired) electrons. The maximum absolute atomic E-state index is 12.5. The normalized spacial score (nSPS) is 16.3. The monoisotopic (exact) mass is 354 g/mol. The number of carbonyl (C=O) groups excluding carboxylic acids is 1. The highest BCUT2D eigenvalue weighted by atomic mass is 16.5. The molecule has 3 rings (SSSR count). The van der Waals surface area contributed by atoms with E-state index >= 15 is 0 Å². The van der Waals surface area contributed by atoms with Crippen LogP contribution < -0.4 is 10.1 Å². The van der Waals surface area contributed by atoms with Crippen molar-refractivity contribution in [3.05, 3.63) is 60.2 Å². The molecule has 1 saturated heterocycles. The summed E-state index contributed by atoms with van der Waals surface area (Å²) in [5.41, 5.74) is 0.942. The summed E-state index contributed by atoms with van der Waals surface area (Å²) in [5.74, 6) is 1.53. The molecule has 5 heteroatoms. The number of urea groups is 1. The summed E-state index contributed by atoms with van der Waals surface area (Å²) < 4.78 is 11.6. The Bertz CT molecular complexity index is 699. The minimum Gasteiger partial charge on any atom is -0.457 e. The van der Waals surface area contributed by atoms with E-state index in [9.17, 15) is 4.79 Å². The zero-order valence-electron chi connectivity index (χ0n) is 15.2. The lowest BCUT2D eigenvalue weighted by molar-refractivity contribution is 0.0826. The van der Waals surface area contributed by atoms with E-state index in [1.807, 2.05) is 61.5 Å². The second-order valence-corrected chi connectivity index (χ2v) is 6.36. The van der Waals surface area contributed by atoms with Gasteiger partial charge in [-0.05, 0) is 38.0 Å². The molecular weight excluding hydrogens is 328 g/mol. The van der Waals surface area contributed by atoms with Gasteiger partial charge in [-0.15, -0.1) is 0 Å². The second-order valence-electron chi connectivity index (χ2n) is 6.36. The Balaban J connectivity index is 1.59. The molecule has 2 aromatic rings. The predicted molar refractivity (Wildman–Crippen MR) is 101 cm³/mol. The number of likely N-dealkylation sites (N-methyl/N-ethyl adjacent to an activating group) is 1. The Kier molecular flexibility index (Phi) is 6.50. The number of para-hydroxylation sites is 2. The van der Waals surface area contributed by atoms with Crippen molar-refractivity contribution in [3.63, 3.8) is 0 Å². The second kappa shape index (κ2) is 9.25. The van der Waals surface area contributed by atoms with Crippen LogP contribution in [0.5, 0.6) is 11.5 Å². The summed E-state index contributed by atoms with van der Waals surface area (Å²) in [6.45, 7) is 4.51. The first-order valence-corrected chi connectivity index (χ1v) is 9.21. The van der Waals surface area contributed by atoms with E-state index in [1.54, 1.807) is 4.90 Å². The van der Waals surface area contributed by atoms with E-state index in [0.717, 1.165) is 36.5 Å². The molecule has 0 spiro atoms. The van der Waals surface area contributed by atoms with Gasteiger partial charge in [0.25, 0.3) is 0 Å². The van der Waals surface area contributed by atoms with Crippen molar-refractivity contribution in [1.29, 1.82) is 0 Å². The van der Waals surface area contributed by atoms with E-state index < -0.39 is 0 Å². The van der Waals surface area contributed by atoms with E-state index in [2.05, 4.69) is 5.32 Å². The Morgan fingerprint density at radius 3 is 2.69 bits per heavy atom. The zero-order chi connectivity index (χ0) is 18.2. The molecule has 1 unspecified atom stereocenters. The lowest BCUT2D eigenvalue weighted by atomic mass is 10.2. The molecule has 0 saturated carbocycles. The molecule has 2 aromatic carbocycles. The first-order valence-electron chi connectivity index (χ1n) is 9.21. The number of hydrogen-bond donors (Lipinski definition) is 1. The van der Waals surface area contributed by atoms with Crippen molar-refractivity contribution in [3.8, 4) is 11.5 Å². The average Bonchev–Trinajstić information content (AvgIpc) is 3.19. The largest absolute Gasteiger partial charge is 0.457 e. The van der Waals surface area contributed by atoms with Crippen LogP contribution in [0.2, 0.25) is 0 Å². The number of hydrogen-bond acceptors (Lipinski definition) is 3. The summed E-state index contributed by atoms with van der Waals surface area (Å²) in [5, 5.41) is 3.00. The molecule has 26 heavy (non-hydrogen) atoms. The Hall–Kier alpha value is -2.53. The molecule has 138 valence electrons. The fraction of sp³-hybridized carbons (Fsp3) is 0.381. The molecule has 1 aliphatic heterocycles. The van der Waals surface area contributed by atoms with E-state index in [-0.39, 0.29) is 12.1 Å². The number of carbonyl (C=O) groups is 1. The average molecular weight is 354 g/mol. The maximum atomic E-state index is 12.5. The molecule has 1 heterocycles. The fourth-order valence-electron chi connectivity index (χ4n) is 3.04. The number of rotatable bonds is 7. The lowest BCUT2D eigenvalue weighted by Gasteiger charge is -2.24. The van der Waals surface area contributed by atoms with Gasteiger partial charge in [0.05, 0.1) is 6.10 Å². The Morgan fingerprint density at radius 1 is 1.19 bits per heavy atom. The van der Waals surface area contributed by atoms with Crippen molar-refractivity contribution in [1.82, 2.24) is 10.2 Å². The topological polar surface area (TPSA) is 50.8 Å². The minimum absolute atomic E-state index is 0.0717. The van der Waals surface area contributed by atoms with Gasteiger partial charge in [-0.25, -0.2) is 4.79 Å². The third-order valence-electron chi connectivity index (χ3n) is 4.49. The number of amides is 2. The van der Waals surface area contributed by atoms with Crippen LogP contribution >= 0.6 is 0 Å². The van der Waals surface area contributed by atoms with Crippen LogP contribution in [0.1, 0.15) is 25.3 Å². The van der Waals surface area contributed by atoms with Gasteiger partial charge in [0, 0.05) is 31.8 Å². The van der Waals surface area contributed by atoms with Crippen molar-refractivity contribution in [2.75, 3.05) is 19.7 Å². The maximum Gasteiger partial charge on any atom is 0.317 e. The molecular formula is C21H26N2O3. The number of nitrogens with zero attached hydrogens (tertiary/aromatic N) is 1. The Labute approximate surface area is 154 Å². The third-order valence-corrected chi connectivity index (χ3v) is 4.49. The van der Waals surface area contributed by atoms with E-state index in [4.69, 9.17) is 9.47 Å². The standard InChI is InChI=1S/C21H26N2O3/c1-2-23(16-19-12-8-14-25-19)21(24)22-15-17-9-6-7-13-20(17)26-18-10-4-3-5-11-18/h3-7,9-11,13,19H,2,8,12,14-16H2,1H3,(H,22,24). The number of benzene rings is 2. The van der Waals surface area contributed by atoms with Crippen molar-refractivity contribution in [2.45, 2.75) is 32.4 Å². The molecule has 0 aromatic heterocycles. The highest BCUT2D eigenvalue weighted by Gasteiger charge is 2.21. The molecule has 5 nitrogen and oxygen atoms in total. The molecule has 0 bridgehead atoms. The van der Waals surface area contributed by atoms with Crippen LogP contribution in [0, 0.1) is 0 Å². The first kappa shape index (κ1) is 18.3. The first-order chi connectivity index (χ1) is 12.8. The summed E-state index contributed by atoms with van der Waals surface area (Å²) in [4.78, 5) is 14.3. The van der Waals surface area contributed by atoms with Gasteiger partial charge in [-0.3, -0.25) is 0 Å². The fourth-order valence-corrected chi connectivity index (χ4v) is 3.04. The lowest BCUT2D eigenvalue weighted by Crippen LogP contribution is -2.43. The van der Waals surface area contributed by atoms with Gasteiger partial charge < -0.3 is 19.7 Å². The van der Waals surface area contributed by atoms with Gasteiger partial charge in [0.1, 0.15) is 11.5 Å². The summed E-state index contributed by atoms with van der Waals surface area (Å²) in [6.07, 6.45) is 2.26. The van der Waals surface area contributed by atoms with Crippen LogP contribution in [0.25, 0.3) is 0 Å². The van der Waals surface area contributed by atoms with Crippen molar-refractivity contribution < 1.29 is 14.3 Å². The number of nitrogens with one attached hydrogen (secondary N) is 1. The van der Waals surface area contributed by atoms with Gasteiger partial charge >= 0.3 is 6.03 Å². The smallest absolute Gasteiger partial charge is 0.317 e. The number of ether oxygens (including phenoxy) is 2. The third kappa shape index (κ3) is 4.99. The zero-order valence-corrected chi connectivity index (χ0v) is 15.2. The minimum atomic E-state index is -0.0717. The van der Waals surface area contributed by atoms with Crippen LogP contribution in [0.3, 0.4) is 0 Å². The highest BCUT2D eigenvalue weighted by molar-refractivity contribution is 5.74. The van der Waals surface area contributed by atoms with Crippen molar-refractivity contribution in [2.24, 2.45) is 0 Å². The van der Waals surface area contributed by atoms with Crippen LogP contribution in [0.15, 0.2) is 54.6 Å². The van der Waals surface area contributed by atoms with Crippen LogP contribution in [-0.4, -0.2) is 36.7 Å². The quantitative estimate of drug-likeness (QED) is 0.811. The van der Waals surface area contributed by atoms with Crippen LogP contribution in [-0.2, 0) is 11.3 Å². The SMILES string of the molecule is CCN(CC1CCCO1)C(=O)NCc1ccccc1Oc1ccccc1. The molecule has 1 fully saturated rings. The molecule has 0 aliphatic carbocycles. The summed E-state index contributed by atoms with van der Waals surface area (Å²) in [6, 6.07) is 17.3. The summed E-state index contributed by atoms with van der Waals surface area (Å²) >= 11 is 0. The van der Waals surface area contributed by atoms with Crippen molar-refractivity contribution >= 4 is 6.03 Å². The van der Waals surface area contributed by atoms with E-state index in [0.29, 0.717) is 19.6 Å². The molecule has 2 amide bonds. The Morgan fingerprint density at radius 2 is 1.96 bits per heavy atom. The van der Waals surface area contributed by atoms with Gasteiger partial charge in [-0.1, -0.05) is 36.4 Å². The molecule has 1 N–H and O–H groups in total.